The molecule has 0 saturated heterocycles. The predicted octanol–water partition coefficient (Wildman–Crippen LogP) is 3.69. The second kappa shape index (κ2) is 6.52. The van der Waals surface area contributed by atoms with Crippen LogP contribution < -0.4 is 0 Å². The monoisotopic (exact) mass is 310 g/mol. The molecule has 21 heavy (non-hydrogen) atoms. The zero-order chi connectivity index (χ0) is 16.3. The molecule has 0 aliphatic rings. The highest BCUT2D eigenvalue weighted by Crippen LogP contribution is 2.34. The standard InChI is InChI=1S/C16H22O4S/c1-15(2,3)20-14(18)16(4,5)21-12-9-7-11(8-10-12)13(17)19-6/h7-10H,1-6H3. The Morgan fingerprint density at radius 1 is 1.00 bits per heavy atom. The van der Waals surface area contributed by atoms with Gasteiger partial charge in [-0.25, -0.2) is 4.79 Å². The fraction of sp³-hybridized carbons (Fsp3) is 0.500. The van der Waals surface area contributed by atoms with Crippen molar-refractivity contribution < 1.29 is 19.1 Å². The molecule has 0 saturated carbocycles. The molecule has 4 nitrogen and oxygen atoms in total. The lowest BCUT2D eigenvalue weighted by atomic mass is 10.1. The van der Waals surface area contributed by atoms with Crippen LogP contribution in [-0.2, 0) is 14.3 Å². The number of hydrogen-bond donors (Lipinski definition) is 0. The van der Waals surface area contributed by atoms with Gasteiger partial charge in [-0.1, -0.05) is 0 Å². The molecule has 0 spiro atoms. The van der Waals surface area contributed by atoms with Gasteiger partial charge in [0.1, 0.15) is 10.3 Å². The van der Waals surface area contributed by atoms with Gasteiger partial charge in [-0.05, 0) is 58.9 Å². The van der Waals surface area contributed by atoms with Crippen LogP contribution in [0.3, 0.4) is 0 Å². The second-order valence-electron chi connectivity index (χ2n) is 6.13. The van der Waals surface area contributed by atoms with Gasteiger partial charge < -0.3 is 9.47 Å². The summed E-state index contributed by atoms with van der Waals surface area (Å²) in [6.07, 6.45) is 0. The molecule has 1 rings (SSSR count). The van der Waals surface area contributed by atoms with Crippen LogP contribution in [0.5, 0.6) is 0 Å². The van der Waals surface area contributed by atoms with Crippen molar-refractivity contribution in [3.05, 3.63) is 29.8 Å². The van der Waals surface area contributed by atoms with Crippen molar-refractivity contribution in [2.45, 2.75) is 49.9 Å². The van der Waals surface area contributed by atoms with E-state index < -0.39 is 10.3 Å². The Kier molecular flexibility index (Phi) is 5.45. The number of esters is 2. The Hall–Kier alpha value is -1.49. The lowest BCUT2D eigenvalue weighted by Crippen LogP contribution is -2.36. The van der Waals surface area contributed by atoms with E-state index >= 15 is 0 Å². The highest BCUT2D eigenvalue weighted by atomic mass is 32.2. The van der Waals surface area contributed by atoms with E-state index in [4.69, 9.17) is 4.74 Å². The summed E-state index contributed by atoms with van der Waals surface area (Å²) in [5.74, 6) is -0.644. The summed E-state index contributed by atoms with van der Waals surface area (Å²) < 4.78 is 9.36. The number of carbonyl (C=O) groups is 2. The fourth-order valence-electron chi connectivity index (χ4n) is 1.51. The van der Waals surface area contributed by atoms with Crippen LogP contribution in [0, 0.1) is 0 Å². The van der Waals surface area contributed by atoms with Gasteiger partial charge in [0.05, 0.1) is 12.7 Å². The Balaban J connectivity index is 2.79. The van der Waals surface area contributed by atoms with Crippen molar-refractivity contribution in [1.29, 1.82) is 0 Å². The molecule has 0 fully saturated rings. The third-order valence-electron chi connectivity index (χ3n) is 2.54. The number of ether oxygens (including phenoxy) is 2. The molecule has 0 amide bonds. The zero-order valence-corrected chi connectivity index (χ0v) is 14.2. The van der Waals surface area contributed by atoms with Gasteiger partial charge in [0.25, 0.3) is 0 Å². The van der Waals surface area contributed by atoms with Crippen LogP contribution in [0.1, 0.15) is 45.0 Å². The van der Waals surface area contributed by atoms with E-state index in [-0.39, 0.29) is 11.9 Å². The van der Waals surface area contributed by atoms with Crippen molar-refractivity contribution in [2.24, 2.45) is 0 Å². The molecule has 0 atom stereocenters. The smallest absolute Gasteiger partial charge is 0.337 e. The van der Waals surface area contributed by atoms with Crippen molar-refractivity contribution in [2.75, 3.05) is 7.11 Å². The zero-order valence-electron chi connectivity index (χ0n) is 13.4. The predicted molar refractivity (Wildman–Crippen MR) is 83.6 cm³/mol. The average molecular weight is 310 g/mol. The Labute approximate surface area is 130 Å². The molecule has 1 aromatic rings. The average Bonchev–Trinajstić information content (AvgIpc) is 2.36. The van der Waals surface area contributed by atoms with Gasteiger partial charge in [-0.3, -0.25) is 4.79 Å². The summed E-state index contributed by atoms with van der Waals surface area (Å²) >= 11 is 1.40. The lowest BCUT2D eigenvalue weighted by Gasteiger charge is -2.28. The lowest BCUT2D eigenvalue weighted by molar-refractivity contribution is -0.156. The highest BCUT2D eigenvalue weighted by Gasteiger charge is 2.33. The first kappa shape index (κ1) is 17.6. The summed E-state index contributed by atoms with van der Waals surface area (Å²) in [5, 5.41) is 0. The SMILES string of the molecule is COC(=O)c1ccc(SC(C)(C)C(=O)OC(C)(C)C)cc1. The molecule has 0 aliphatic heterocycles. The molecule has 0 N–H and O–H groups in total. The van der Waals surface area contributed by atoms with Gasteiger partial charge >= 0.3 is 11.9 Å². The summed E-state index contributed by atoms with van der Waals surface area (Å²) in [4.78, 5) is 24.4. The highest BCUT2D eigenvalue weighted by molar-refractivity contribution is 8.01. The van der Waals surface area contributed by atoms with Crippen LogP contribution in [-0.4, -0.2) is 29.4 Å². The fourth-order valence-corrected chi connectivity index (χ4v) is 2.50. The van der Waals surface area contributed by atoms with E-state index in [9.17, 15) is 9.59 Å². The van der Waals surface area contributed by atoms with Gasteiger partial charge in [0, 0.05) is 4.90 Å². The molecule has 116 valence electrons. The largest absolute Gasteiger partial charge is 0.465 e. The van der Waals surface area contributed by atoms with Gasteiger partial charge in [0.2, 0.25) is 0 Å². The molecule has 0 aromatic heterocycles. The first-order chi connectivity index (χ1) is 9.55. The summed E-state index contributed by atoms with van der Waals surface area (Å²) in [7, 11) is 1.34. The number of benzene rings is 1. The quantitative estimate of drug-likeness (QED) is 0.627. The molecular formula is C16H22O4S. The first-order valence-corrected chi connectivity index (χ1v) is 7.47. The molecule has 0 heterocycles. The third-order valence-corrected chi connectivity index (χ3v) is 3.72. The molecule has 0 unspecified atom stereocenters. The Morgan fingerprint density at radius 2 is 1.52 bits per heavy atom. The van der Waals surface area contributed by atoms with Crippen LogP contribution in [0.4, 0.5) is 0 Å². The number of rotatable bonds is 4. The summed E-state index contributed by atoms with van der Waals surface area (Å²) in [5.41, 5.74) is -0.0270. The van der Waals surface area contributed by atoms with Crippen molar-refractivity contribution in [3.8, 4) is 0 Å². The van der Waals surface area contributed by atoms with Gasteiger partial charge in [0.15, 0.2) is 0 Å². The Bertz CT molecular complexity index is 512. The van der Waals surface area contributed by atoms with Gasteiger partial charge in [-0.2, -0.15) is 0 Å². The maximum absolute atomic E-state index is 12.2. The van der Waals surface area contributed by atoms with E-state index in [0.29, 0.717) is 5.56 Å². The van der Waals surface area contributed by atoms with Crippen LogP contribution in [0.25, 0.3) is 0 Å². The van der Waals surface area contributed by atoms with Crippen molar-refractivity contribution in [3.63, 3.8) is 0 Å². The number of carbonyl (C=O) groups excluding carboxylic acids is 2. The molecule has 1 aromatic carbocycles. The van der Waals surface area contributed by atoms with E-state index in [1.807, 2.05) is 34.6 Å². The molecule has 0 radical (unpaired) electrons. The molecular weight excluding hydrogens is 288 g/mol. The summed E-state index contributed by atoms with van der Waals surface area (Å²) in [6, 6.07) is 6.95. The van der Waals surface area contributed by atoms with Crippen molar-refractivity contribution in [1.82, 2.24) is 0 Å². The minimum absolute atomic E-state index is 0.267. The van der Waals surface area contributed by atoms with E-state index in [2.05, 4.69) is 4.74 Å². The first-order valence-electron chi connectivity index (χ1n) is 6.66. The van der Waals surface area contributed by atoms with Crippen molar-refractivity contribution >= 4 is 23.7 Å². The number of methoxy groups -OCH3 is 1. The number of thioether (sulfide) groups is 1. The van der Waals surface area contributed by atoms with E-state index in [1.54, 1.807) is 24.3 Å². The second-order valence-corrected chi connectivity index (χ2v) is 7.83. The topological polar surface area (TPSA) is 52.6 Å². The minimum Gasteiger partial charge on any atom is -0.465 e. The Morgan fingerprint density at radius 3 is 1.95 bits per heavy atom. The molecule has 5 heteroatoms. The maximum Gasteiger partial charge on any atom is 0.337 e. The summed E-state index contributed by atoms with van der Waals surface area (Å²) in [6.45, 7) is 9.17. The minimum atomic E-state index is -0.708. The molecule has 0 bridgehead atoms. The van der Waals surface area contributed by atoms with E-state index in [0.717, 1.165) is 4.90 Å². The van der Waals surface area contributed by atoms with Crippen LogP contribution >= 0.6 is 11.8 Å². The normalized spacial score (nSPS) is 11.9. The number of hydrogen-bond acceptors (Lipinski definition) is 5. The molecule has 0 aliphatic carbocycles. The van der Waals surface area contributed by atoms with Gasteiger partial charge in [-0.15, -0.1) is 11.8 Å². The third kappa shape index (κ3) is 5.42. The maximum atomic E-state index is 12.2. The van der Waals surface area contributed by atoms with Crippen LogP contribution in [0.15, 0.2) is 29.2 Å². The van der Waals surface area contributed by atoms with E-state index in [1.165, 1.54) is 18.9 Å². The van der Waals surface area contributed by atoms with Crippen LogP contribution in [0.2, 0.25) is 0 Å².